The zero-order valence-electron chi connectivity index (χ0n) is 11.0. The predicted octanol–water partition coefficient (Wildman–Crippen LogP) is 2.74. The van der Waals surface area contributed by atoms with E-state index in [9.17, 15) is 0 Å². The molecule has 0 aliphatic rings. The van der Waals surface area contributed by atoms with E-state index in [1.54, 1.807) is 12.2 Å². The van der Waals surface area contributed by atoms with Gasteiger partial charge < -0.3 is 9.84 Å². The number of ether oxygens (including phenoxy) is 1. The first kappa shape index (κ1) is 25.6. The van der Waals surface area contributed by atoms with Crippen LogP contribution in [0.25, 0.3) is 0 Å². The minimum Gasteiger partial charge on any atom is -0.392 e. The summed E-state index contributed by atoms with van der Waals surface area (Å²) in [5.74, 6) is 0. The molecule has 2 nitrogen and oxygen atoms in total. The average Bonchev–Trinajstić information content (AvgIpc) is 2.31. The molecule has 0 amide bonds. The Labute approximate surface area is 123 Å². The fraction of sp³-hybridized carbons (Fsp3) is 0.385. The van der Waals surface area contributed by atoms with Gasteiger partial charge in [0.1, 0.15) is 0 Å². The molecule has 0 spiro atoms. The Kier molecular flexibility index (Phi) is 44.6. The molecule has 1 N–H and O–H groups in total. The van der Waals surface area contributed by atoms with Gasteiger partial charge in [-0.15, -0.1) is 32.0 Å². The Hall–Kier alpha value is -0.215. The van der Waals surface area contributed by atoms with E-state index in [2.05, 4.69) is 45.1 Å². The SMILES string of the molecule is C=CCO.C=CCOCC=C.C=C[SiH](C)C.[Pt]. The standard InChI is InChI=1S/C6H10O.C4H10Si.C3H6O.Pt/c1-3-5-7-6-4-2;1-4-5(2)3;1-2-3-4;/h3-4H,1-2,5-6H2;4-5H,1H2,2-3H3;2,4H,1,3H2;. The topological polar surface area (TPSA) is 29.5 Å². The molecule has 104 valence electrons. The summed E-state index contributed by atoms with van der Waals surface area (Å²) in [5, 5.41) is 7.76. The maximum Gasteiger partial charge on any atom is 0.0649 e. The fourth-order valence-corrected chi connectivity index (χ4v) is 0.235. The van der Waals surface area contributed by atoms with Crippen molar-refractivity contribution in [3.05, 3.63) is 50.2 Å². The second kappa shape index (κ2) is 29.7. The van der Waals surface area contributed by atoms with Crippen LogP contribution in [-0.4, -0.2) is 33.7 Å². The summed E-state index contributed by atoms with van der Waals surface area (Å²) in [5.41, 5.74) is 2.06. The van der Waals surface area contributed by atoms with E-state index in [1.807, 2.05) is 0 Å². The summed E-state index contributed by atoms with van der Waals surface area (Å²) < 4.78 is 4.90. The van der Waals surface area contributed by atoms with Crippen molar-refractivity contribution in [2.24, 2.45) is 0 Å². The zero-order chi connectivity index (χ0) is 13.2. The van der Waals surface area contributed by atoms with Gasteiger partial charge in [-0.3, -0.25) is 0 Å². The molecule has 0 heterocycles. The van der Waals surface area contributed by atoms with Crippen molar-refractivity contribution >= 4 is 8.80 Å². The second-order valence-corrected chi connectivity index (χ2v) is 6.03. The number of rotatable bonds is 6. The summed E-state index contributed by atoms with van der Waals surface area (Å²) in [6.45, 7) is 19.6. The molecule has 0 saturated carbocycles. The Bertz CT molecular complexity index is 163. The maximum atomic E-state index is 7.76. The third-order valence-electron chi connectivity index (χ3n) is 1.07. The van der Waals surface area contributed by atoms with Crippen LogP contribution < -0.4 is 0 Å². The Morgan fingerprint density at radius 1 is 1.00 bits per heavy atom. The van der Waals surface area contributed by atoms with Crippen molar-refractivity contribution in [1.29, 1.82) is 0 Å². The molecule has 0 aromatic heterocycles. The third-order valence-corrected chi connectivity index (χ3v) is 2.01. The molecule has 0 fully saturated rings. The molecule has 4 heteroatoms. The van der Waals surface area contributed by atoms with Crippen LogP contribution in [0, 0.1) is 0 Å². The maximum absolute atomic E-state index is 7.76. The largest absolute Gasteiger partial charge is 0.392 e. The van der Waals surface area contributed by atoms with E-state index in [0.29, 0.717) is 13.2 Å². The summed E-state index contributed by atoms with van der Waals surface area (Å²) in [6.07, 6.45) is 4.85. The van der Waals surface area contributed by atoms with E-state index in [4.69, 9.17) is 9.84 Å². The Morgan fingerprint density at radius 2 is 1.29 bits per heavy atom. The van der Waals surface area contributed by atoms with Gasteiger partial charge in [0, 0.05) is 21.1 Å². The van der Waals surface area contributed by atoms with E-state index in [1.165, 1.54) is 6.08 Å². The normalized spacial score (nSPS) is 7.29. The van der Waals surface area contributed by atoms with Crippen LogP contribution in [0.5, 0.6) is 0 Å². The van der Waals surface area contributed by atoms with Gasteiger partial charge in [-0.05, 0) is 0 Å². The second-order valence-electron chi connectivity index (χ2n) is 3.07. The van der Waals surface area contributed by atoms with Crippen LogP contribution in [0.4, 0.5) is 0 Å². The third kappa shape index (κ3) is 65.2. The van der Waals surface area contributed by atoms with Gasteiger partial charge in [0.2, 0.25) is 0 Å². The van der Waals surface area contributed by atoms with E-state index >= 15 is 0 Å². The van der Waals surface area contributed by atoms with E-state index < -0.39 is 0 Å². The zero-order valence-corrected chi connectivity index (χ0v) is 14.4. The van der Waals surface area contributed by atoms with Crippen LogP contribution >= 0.6 is 0 Å². The minimum absolute atomic E-state index is 0. The molecule has 0 aromatic carbocycles. The molecule has 17 heavy (non-hydrogen) atoms. The molecule has 0 saturated heterocycles. The van der Waals surface area contributed by atoms with Crippen molar-refractivity contribution in [3.8, 4) is 0 Å². The quantitative estimate of drug-likeness (QED) is 0.393. The van der Waals surface area contributed by atoms with Crippen molar-refractivity contribution in [2.75, 3.05) is 19.8 Å². The van der Waals surface area contributed by atoms with Gasteiger partial charge in [0.15, 0.2) is 0 Å². The average molecular weight is 438 g/mol. The fourth-order valence-electron chi connectivity index (χ4n) is 0.235. The number of hydrogen-bond donors (Lipinski definition) is 1. The molecule has 0 aromatic rings. The van der Waals surface area contributed by atoms with Crippen LogP contribution in [0.2, 0.25) is 13.1 Å². The first-order valence-electron chi connectivity index (χ1n) is 5.24. The molecule has 0 unspecified atom stereocenters. The Morgan fingerprint density at radius 3 is 1.41 bits per heavy atom. The number of hydrogen-bond acceptors (Lipinski definition) is 2. The summed E-state index contributed by atoms with van der Waals surface area (Å²) in [6, 6.07) is 0. The smallest absolute Gasteiger partial charge is 0.0649 e. The molecule has 0 rings (SSSR count). The van der Waals surface area contributed by atoms with Gasteiger partial charge in [-0.1, -0.05) is 31.3 Å². The van der Waals surface area contributed by atoms with Crippen LogP contribution in [0.3, 0.4) is 0 Å². The molecule has 0 bridgehead atoms. The van der Waals surface area contributed by atoms with Crippen LogP contribution in [0.1, 0.15) is 0 Å². The van der Waals surface area contributed by atoms with Crippen LogP contribution in [-0.2, 0) is 25.8 Å². The summed E-state index contributed by atoms with van der Waals surface area (Å²) >= 11 is 0. The number of aliphatic hydroxyl groups is 1. The predicted molar refractivity (Wildman–Crippen MR) is 77.6 cm³/mol. The molecular weight excluding hydrogens is 411 g/mol. The van der Waals surface area contributed by atoms with Gasteiger partial charge in [-0.2, -0.15) is 0 Å². The first-order chi connectivity index (χ1) is 7.60. The van der Waals surface area contributed by atoms with Crippen molar-refractivity contribution in [1.82, 2.24) is 0 Å². The molecule has 0 aliphatic heterocycles. The van der Waals surface area contributed by atoms with Gasteiger partial charge in [-0.25, -0.2) is 0 Å². The first-order valence-corrected chi connectivity index (χ1v) is 8.22. The van der Waals surface area contributed by atoms with E-state index in [0.717, 1.165) is 0 Å². The van der Waals surface area contributed by atoms with Crippen LogP contribution in [0.15, 0.2) is 50.2 Å². The summed E-state index contributed by atoms with van der Waals surface area (Å²) in [7, 11) is -0.386. The monoisotopic (exact) mass is 437 g/mol. The number of aliphatic hydroxyl groups excluding tert-OH is 1. The molecule has 0 atom stereocenters. The van der Waals surface area contributed by atoms with Crippen molar-refractivity contribution in [2.45, 2.75) is 13.1 Å². The minimum atomic E-state index is -0.386. The van der Waals surface area contributed by atoms with Gasteiger partial charge in [0.05, 0.1) is 28.6 Å². The van der Waals surface area contributed by atoms with Crippen molar-refractivity contribution < 1.29 is 30.9 Å². The van der Waals surface area contributed by atoms with Crippen molar-refractivity contribution in [3.63, 3.8) is 0 Å². The molecular formula is C13H26O2PtSi. The molecule has 0 aliphatic carbocycles. The molecule has 0 radical (unpaired) electrons. The van der Waals surface area contributed by atoms with Gasteiger partial charge >= 0.3 is 0 Å². The van der Waals surface area contributed by atoms with E-state index in [-0.39, 0.29) is 36.5 Å². The Balaban J connectivity index is -0.0000000757. The summed E-state index contributed by atoms with van der Waals surface area (Å²) in [4.78, 5) is 0. The van der Waals surface area contributed by atoms with Gasteiger partial charge in [0.25, 0.3) is 0 Å².